The third-order valence-electron chi connectivity index (χ3n) is 4.18. The lowest BCUT2D eigenvalue weighted by Gasteiger charge is -2.13. The highest BCUT2D eigenvalue weighted by Crippen LogP contribution is 2.27. The van der Waals surface area contributed by atoms with E-state index in [0.29, 0.717) is 22.8 Å². The van der Waals surface area contributed by atoms with Crippen LogP contribution in [0.1, 0.15) is 5.76 Å². The van der Waals surface area contributed by atoms with Gasteiger partial charge in [-0.05, 0) is 42.5 Å². The van der Waals surface area contributed by atoms with Crippen LogP contribution in [-0.2, 0) is 9.59 Å². The number of carbonyl (C=O) groups excluding carboxylic acids is 2. The number of nitro groups is 1. The maximum absolute atomic E-state index is 12.6. The zero-order valence-corrected chi connectivity index (χ0v) is 14.4. The standard InChI is InChI=1S/C20H13N3O5/c24-19-17(20(25)22(21-19)14-4-2-1-3-5-14)12-16-10-11-18(28-16)13-6-8-15(9-7-13)23(26)27/h1-12H,(H,21,24). The molecule has 0 spiro atoms. The highest BCUT2D eigenvalue weighted by Gasteiger charge is 2.34. The van der Waals surface area contributed by atoms with Crippen LogP contribution in [0.5, 0.6) is 0 Å². The minimum Gasteiger partial charge on any atom is -0.457 e. The van der Waals surface area contributed by atoms with Crippen molar-refractivity contribution in [3.8, 4) is 11.3 Å². The van der Waals surface area contributed by atoms with Gasteiger partial charge in [-0.15, -0.1) is 0 Å². The summed E-state index contributed by atoms with van der Waals surface area (Å²) in [6, 6.07) is 17.9. The Kier molecular flexibility index (Phi) is 4.21. The van der Waals surface area contributed by atoms with E-state index in [0.717, 1.165) is 0 Å². The lowest BCUT2D eigenvalue weighted by atomic mass is 10.1. The number of hydrogen-bond acceptors (Lipinski definition) is 5. The van der Waals surface area contributed by atoms with Crippen molar-refractivity contribution in [3.05, 3.63) is 88.2 Å². The number of rotatable bonds is 4. The molecule has 0 radical (unpaired) electrons. The molecule has 1 N–H and O–H groups in total. The predicted molar refractivity (Wildman–Crippen MR) is 101 cm³/mol. The normalized spacial score (nSPS) is 15.1. The molecule has 8 nitrogen and oxygen atoms in total. The van der Waals surface area contributed by atoms with E-state index in [1.165, 1.54) is 23.2 Å². The Morgan fingerprint density at radius 2 is 1.68 bits per heavy atom. The number of nitrogens with one attached hydrogen (secondary N) is 1. The van der Waals surface area contributed by atoms with Crippen LogP contribution in [0, 0.1) is 10.1 Å². The molecule has 3 aromatic rings. The average Bonchev–Trinajstić information content (AvgIpc) is 3.29. The number of benzene rings is 2. The molecule has 1 fully saturated rings. The van der Waals surface area contributed by atoms with Gasteiger partial charge in [-0.1, -0.05) is 18.2 Å². The zero-order chi connectivity index (χ0) is 19.7. The first-order chi connectivity index (χ1) is 13.5. The van der Waals surface area contributed by atoms with Crippen molar-refractivity contribution in [1.29, 1.82) is 0 Å². The van der Waals surface area contributed by atoms with Gasteiger partial charge in [0.15, 0.2) is 0 Å². The van der Waals surface area contributed by atoms with Crippen molar-refractivity contribution >= 4 is 29.3 Å². The highest BCUT2D eigenvalue weighted by molar-refractivity contribution is 6.31. The summed E-state index contributed by atoms with van der Waals surface area (Å²) in [5, 5.41) is 11.9. The number of non-ortho nitro benzene ring substituents is 1. The number of hydrogen-bond donors (Lipinski definition) is 1. The van der Waals surface area contributed by atoms with Crippen LogP contribution in [-0.4, -0.2) is 16.7 Å². The molecule has 1 aliphatic rings. The Morgan fingerprint density at radius 1 is 0.964 bits per heavy atom. The average molecular weight is 375 g/mol. The van der Waals surface area contributed by atoms with Crippen LogP contribution >= 0.6 is 0 Å². The number of hydrazine groups is 1. The number of carbonyl (C=O) groups is 2. The monoisotopic (exact) mass is 375 g/mol. The van der Waals surface area contributed by atoms with Crippen LogP contribution in [0.2, 0.25) is 0 Å². The summed E-state index contributed by atoms with van der Waals surface area (Å²) in [7, 11) is 0. The Labute approximate surface area is 158 Å². The Bertz CT molecular complexity index is 1100. The molecule has 138 valence electrons. The quantitative estimate of drug-likeness (QED) is 0.326. The van der Waals surface area contributed by atoms with Crippen LogP contribution in [0.4, 0.5) is 11.4 Å². The fourth-order valence-electron chi connectivity index (χ4n) is 2.79. The fourth-order valence-corrected chi connectivity index (χ4v) is 2.79. The fraction of sp³-hybridized carbons (Fsp3) is 0. The third-order valence-corrected chi connectivity index (χ3v) is 4.18. The maximum atomic E-state index is 12.6. The lowest BCUT2D eigenvalue weighted by molar-refractivity contribution is -0.384. The zero-order valence-electron chi connectivity index (χ0n) is 14.4. The van der Waals surface area contributed by atoms with Crippen molar-refractivity contribution in [2.24, 2.45) is 0 Å². The molecule has 0 unspecified atom stereocenters. The second kappa shape index (κ2) is 6.84. The molecule has 1 saturated heterocycles. The van der Waals surface area contributed by atoms with E-state index >= 15 is 0 Å². The van der Waals surface area contributed by atoms with Gasteiger partial charge in [0.25, 0.3) is 17.5 Å². The third kappa shape index (κ3) is 3.14. The summed E-state index contributed by atoms with van der Waals surface area (Å²) in [6.07, 6.45) is 1.37. The van der Waals surface area contributed by atoms with Crippen molar-refractivity contribution in [1.82, 2.24) is 5.43 Å². The minimum atomic E-state index is -0.526. The first-order valence-corrected chi connectivity index (χ1v) is 8.30. The lowest BCUT2D eigenvalue weighted by Crippen LogP contribution is -2.35. The number of anilines is 1. The summed E-state index contributed by atoms with van der Waals surface area (Å²) in [4.78, 5) is 35.0. The Balaban J connectivity index is 1.59. The molecule has 0 saturated carbocycles. The van der Waals surface area contributed by atoms with E-state index in [-0.39, 0.29) is 11.3 Å². The van der Waals surface area contributed by atoms with Crippen LogP contribution in [0.15, 0.2) is 76.7 Å². The molecule has 1 aromatic heterocycles. The predicted octanol–water partition coefficient (Wildman–Crippen LogP) is 3.32. The largest absolute Gasteiger partial charge is 0.457 e. The van der Waals surface area contributed by atoms with E-state index in [2.05, 4.69) is 5.43 Å². The van der Waals surface area contributed by atoms with E-state index in [1.54, 1.807) is 48.5 Å². The van der Waals surface area contributed by atoms with Gasteiger partial charge in [-0.3, -0.25) is 25.1 Å². The summed E-state index contributed by atoms with van der Waals surface area (Å²) in [5.41, 5.74) is 3.64. The molecule has 2 amide bonds. The molecular weight excluding hydrogens is 362 g/mol. The summed E-state index contributed by atoms with van der Waals surface area (Å²) < 4.78 is 5.67. The Hall–Kier alpha value is -4.20. The van der Waals surface area contributed by atoms with Gasteiger partial charge in [0.2, 0.25) is 0 Å². The van der Waals surface area contributed by atoms with Gasteiger partial charge in [0, 0.05) is 17.7 Å². The first kappa shape index (κ1) is 17.2. The minimum absolute atomic E-state index is 0.0214. The van der Waals surface area contributed by atoms with E-state index in [4.69, 9.17) is 4.42 Å². The molecule has 8 heteroatoms. The number of nitrogens with zero attached hydrogens (tertiary/aromatic N) is 2. The number of furan rings is 1. The number of nitro benzene ring substituents is 1. The first-order valence-electron chi connectivity index (χ1n) is 8.30. The number of amides is 2. The van der Waals surface area contributed by atoms with Crippen LogP contribution in [0.25, 0.3) is 17.4 Å². The van der Waals surface area contributed by atoms with Gasteiger partial charge < -0.3 is 4.42 Å². The van der Waals surface area contributed by atoms with Crippen molar-refractivity contribution in [2.75, 3.05) is 5.01 Å². The summed E-state index contributed by atoms with van der Waals surface area (Å²) >= 11 is 0. The van der Waals surface area contributed by atoms with Gasteiger partial charge in [0.05, 0.1) is 10.6 Å². The second-order valence-electron chi connectivity index (χ2n) is 5.98. The molecular formula is C20H13N3O5. The maximum Gasteiger partial charge on any atom is 0.282 e. The van der Waals surface area contributed by atoms with Crippen molar-refractivity contribution < 1.29 is 18.9 Å². The molecule has 28 heavy (non-hydrogen) atoms. The second-order valence-corrected chi connectivity index (χ2v) is 5.98. The molecule has 4 rings (SSSR count). The van der Waals surface area contributed by atoms with E-state index < -0.39 is 16.7 Å². The Morgan fingerprint density at radius 3 is 2.36 bits per heavy atom. The van der Waals surface area contributed by atoms with Crippen molar-refractivity contribution in [2.45, 2.75) is 0 Å². The molecule has 1 aliphatic heterocycles. The van der Waals surface area contributed by atoms with Gasteiger partial charge in [0.1, 0.15) is 17.1 Å². The molecule has 0 atom stereocenters. The van der Waals surface area contributed by atoms with E-state index in [9.17, 15) is 19.7 Å². The highest BCUT2D eigenvalue weighted by atomic mass is 16.6. The smallest absolute Gasteiger partial charge is 0.282 e. The van der Waals surface area contributed by atoms with Gasteiger partial charge in [-0.25, -0.2) is 5.01 Å². The summed E-state index contributed by atoms with van der Waals surface area (Å²) in [6.45, 7) is 0. The molecule has 0 bridgehead atoms. The molecule has 2 aromatic carbocycles. The molecule has 2 heterocycles. The van der Waals surface area contributed by atoms with E-state index in [1.807, 2.05) is 6.07 Å². The van der Waals surface area contributed by atoms with Crippen molar-refractivity contribution in [3.63, 3.8) is 0 Å². The van der Waals surface area contributed by atoms with Crippen LogP contribution in [0.3, 0.4) is 0 Å². The number of para-hydroxylation sites is 1. The molecule has 0 aliphatic carbocycles. The van der Waals surface area contributed by atoms with Crippen LogP contribution < -0.4 is 10.4 Å². The van der Waals surface area contributed by atoms with Gasteiger partial charge in [-0.2, -0.15) is 0 Å². The SMILES string of the molecule is O=C1NN(c2ccccc2)C(=O)C1=Cc1ccc(-c2ccc([N+](=O)[O-])cc2)o1. The topological polar surface area (TPSA) is 106 Å². The summed E-state index contributed by atoms with van der Waals surface area (Å²) in [5.74, 6) is -0.221. The van der Waals surface area contributed by atoms with Gasteiger partial charge >= 0.3 is 0 Å².